The highest BCUT2D eigenvalue weighted by Gasteiger charge is 2.04. The first kappa shape index (κ1) is 22.5. The van der Waals surface area contributed by atoms with Crippen molar-refractivity contribution in [3.8, 4) is 0 Å². The van der Waals surface area contributed by atoms with Gasteiger partial charge in [0.1, 0.15) is 0 Å². The molecule has 0 aliphatic rings. The van der Waals surface area contributed by atoms with Crippen LogP contribution >= 0.6 is 24.0 Å². The number of guanidine groups is 1. The number of aliphatic imine (C=N–C) groups is 1. The van der Waals surface area contributed by atoms with Crippen molar-refractivity contribution in [3.05, 3.63) is 53.9 Å². The zero-order valence-electron chi connectivity index (χ0n) is 16.1. The molecule has 144 valence electrons. The number of hydrogen-bond acceptors (Lipinski definition) is 2. The topological polar surface area (TPSA) is 68.2 Å². The van der Waals surface area contributed by atoms with Crippen LogP contribution in [0.1, 0.15) is 51.2 Å². The molecular weight excluding hydrogens is 437 g/mol. The molecule has 0 saturated heterocycles. The zero-order valence-corrected chi connectivity index (χ0v) is 18.4. The Morgan fingerprint density at radius 3 is 2.65 bits per heavy atom. The van der Waals surface area contributed by atoms with Gasteiger partial charge in [0.2, 0.25) is 0 Å². The Hall–Kier alpha value is -1.57. The van der Waals surface area contributed by atoms with E-state index in [0.29, 0.717) is 18.5 Å². The van der Waals surface area contributed by atoms with Gasteiger partial charge in [0.15, 0.2) is 5.96 Å². The van der Waals surface area contributed by atoms with Crippen LogP contribution in [0.3, 0.4) is 0 Å². The van der Waals surface area contributed by atoms with Crippen LogP contribution in [0.25, 0.3) is 0 Å². The number of halogens is 1. The molecule has 5 nitrogen and oxygen atoms in total. The van der Waals surface area contributed by atoms with E-state index in [2.05, 4.69) is 60.4 Å². The molecule has 0 aliphatic carbocycles. The molecule has 0 aliphatic heterocycles. The zero-order chi connectivity index (χ0) is 18.1. The molecule has 0 spiro atoms. The lowest BCUT2D eigenvalue weighted by Gasteiger charge is -2.15. The van der Waals surface area contributed by atoms with Crippen LogP contribution in [-0.2, 0) is 13.1 Å². The van der Waals surface area contributed by atoms with Crippen molar-refractivity contribution in [2.75, 3.05) is 0 Å². The van der Waals surface area contributed by atoms with Crippen LogP contribution < -0.4 is 11.1 Å². The van der Waals surface area contributed by atoms with Gasteiger partial charge in [0, 0.05) is 18.4 Å². The van der Waals surface area contributed by atoms with Gasteiger partial charge in [0.25, 0.3) is 0 Å². The fraction of sp³-hybridized carbons (Fsp3) is 0.500. The van der Waals surface area contributed by atoms with Crippen molar-refractivity contribution in [3.63, 3.8) is 0 Å². The molecule has 1 aromatic heterocycles. The van der Waals surface area contributed by atoms with Crippen molar-refractivity contribution >= 4 is 29.9 Å². The third kappa shape index (κ3) is 8.69. The number of nitrogens with zero attached hydrogens (tertiary/aromatic N) is 3. The van der Waals surface area contributed by atoms with E-state index in [1.807, 2.05) is 16.9 Å². The van der Waals surface area contributed by atoms with Gasteiger partial charge in [-0.05, 0) is 36.5 Å². The molecule has 1 heterocycles. The fourth-order valence-electron chi connectivity index (χ4n) is 2.79. The third-order valence-corrected chi connectivity index (χ3v) is 4.14. The molecule has 1 atom stereocenters. The van der Waals surface area contributed by atoms with Crippen LogP contribution in [0.5, 0.6) is 0 Å². The molecule has 0 bridgehead atoms. The molecule has 1 aromatic carbocycles. The summed E-state index contributed by atoms with van der Waals surface area (Å²) in [5.41, 5.74) is 8.39. The van der Waals surface area contributed by atoms with Crippen molar-refractivity contribution in [2.24, 2.45) is 16.6 Å². The van der Waals surface area contributed by atoms with Gasteiger partial charge in [-0.3, -0.25) is 4.68 Å². The smallest absolute Gasteiger partial charge is 0.189 e. The summed E-state index contributed by atoms with van der Waals surface area (Å²) in [4.78, 5) is 4.48. The first-order valence-corrected chi connectivity index (χ1v) is 9.14. The monoisotopic (exact) mass is 469 g/mol. The SMILES string of the molecule is CC(C)CCCC(C)NC(N)=NCc1cccc(Cn2cccn2)c1.I. The number of nitrogens with one attached hydrogen (secondary N) is 1. The van der Waals surface area contributed by atoms with Gasteiger partial charge in [-0.2, -0.15) is 5.10 Å². The maximum absolute atomic E-state index is 6.03. The van der Waals surface area contributed by atoms with Crippen LogP contribution in [-0.4, -0.2) is 21.8 Å². The predicted molar refractivity (Wildman–Crippen MR) is 120 cm³/mol. The van der Waals surface area contributed by atoms with E-state index in [1.165, 1.54) is 18.4 Å². The number of nitrogens with two attached hydrogens (primary N) is 1. The average Bonchev–Trinajstić information content (AvgIpc) is 3.06. The van der Waals surface area contributed by atoms with Gasteiger partial charge < -0.3 is 11.1 Å². The molecular formula is C20H32IN5. The highest BCUT2D eigenvalue weighted by atomic mass is 127. The quantitative estimate of drug-likeness (QED) is 0.329. The molecule has 2 rings (SSSR count). The summed E-state index contributed by atoms with van der Waals surface area (Å²) in [6.07, 6.45) is 7.35. The summed E-state index contributed by atoms with van der Waals surface area (Å²) in [6, 6.07) is 10.7. The van der Waals surface area contributed by atoms with Gasteiger partial charge >= 0.3 is 0 Å². The van der Waals surface area contributed by atoms with Crippen molar-refractivity contribution in [1.82, 2.24) is 15.1 Å². The summed E-state index contributed by atoms with van der Waals surface area (Å²) >= 11 is 0. The highest BCUT2D eigenvalue weighted by Crippen LogP contribution is 2.09. The third-order valence-electron chi connectivity index (χ3n) is 4.14. The molecule has 0 saturated carbocycles. The predicted octanol–water partition coefficient (Wildman–Crippen LogP) is 4.17. The summed E-state index contributed by atoms with van der Waals surface area (Å²) in [5.74, 6) is 1.28. The van der Waals surface area contributed by atoms with Crippen LogP contribution in [0.4, 0.5) is 0 Å². The molecule has 6 heteroatoms. The van der Waals surface area contributed by atoms with Crippen molar-refractivity contribution in [2.45, 2.75) is 59.2 Å². The van der Waals surface area contributed by atoms with E-state index in [-0.39, 0.29) is 24.0 Å². The van der Waals surface area contributed by atoms with Gasteiger partial charge in [-0.15, -0.1) is 24.0 Å². The Balaban J connectivity index is 0.00000338. The second-order valence-electron chi connectivity index (χ2n) is 7.10. The van der Waals surface area contributed by atoms with Crippen LogP contribution in [0.2, 0.25) is 0 Å². The molecule has 0 amide bonds. The highest BCUT2D eigenvalue weighted by molar-refractivity contribution is 14.0. The minimum Gasteiger partial charge on any atom is -0.370 e. The van der Waals surface area contributed by atoms with E-state index < -0.39 is 0 Å². The summed E-state index contributed by atoms with van der Waals surface area (Å²) in [6.45, 7) is 8.03. The van der Waals surface area contributed by atoms with Crippen molar-refractivity contribution < 1.29 is 0 Å². The fourth-order valence-corrected chi connectivity index (χ4v) is 2.79. The van der Waals surface area contributed by atoms with E-state index in [4.69, 9.17) is 5.73 Å². The molecule has 26 heavy (non-hydrogen) atoms. The largest absolute Gasteiger partial charge is 0.370 e. The van der Waals surface area contributed by atoms with E-state index >= 15 is 0 Å². The Bertz CT molecular complexity index is 652. The van der Waals surface area contributed by atoms with E-state index in [9.17, 15) is 0 Å². The minimum absolute atomic E-state index is 0. The van der Waals surface area contributed by atoms with Gasteiger partial charge in [0.05, 0.1) is 13.1 Å². The van der Waals surface area contributed by atoms with E-state index in [1.54, 1.807) is 6.20 Å². The van der Waals surface area contributed by atoms with Crippen LogP contribution in [0.15, 0.2) is 47.7 Å². The second-order valence-corrected chi connectivity index (χ2v) is 7.10. The lowest BCUT2D eigenvalue weighted by Crippen LogP contribution is -2.38. The van der Waals surface area contributed by atoms with E-state index in [0.717, 1.165) is 24.4 Å². The lowest BCUT2D eigenvalue weighted by molar-refractivity contribution is 0.493. The standard InChI is InChI=1S/C20H31N5.HI/c1-16(2)7-4-8-17(3)24-20(21)22-14-18-9-5-10-19(13-18)15-25-12-6-11-23-25;/h5-6,9-13,16-17H,4,7-8,14-15H2,1-3H3,(H3,21,22,24);1H. The molecule has 0 fully saturated rings. The second kappa shape index (κ2) is 11.9. The van der Waals surface area contributed by atoms with Gasteiger partial charge in [-0.25, -0.2) is 4.99 Å². The number of hydrogen-bond donors (Lipinski definition) is 2. The van der Waals surface area contributed by atoms with Gasteiger partial charge in [-0.1, -0.05) is 51.0 Å². The van der Waals surface area contributed by atoms with Crippen LogP contribution in [0, 0.1) is 5.92 Å². The number of rotatable bonds is 9. The molecule has 3 N–H and O–H groups in total. The first-order valence-electron chi connectivity index (χ1n) is 9.14. The summed E-state index contributed by atoms with van der Waals surface area (Å²) in [7, 11) is 0. The normalized spacial score (nSPS) is 12.7. The Morgan fingerprint density at radius 1 is 1.19 bits per heavy atom. The van der Waals surface area contributed by atoms with Crippen molar-refractivity contribution in [1.29, 1.82) is 0 Å². The maximum atomic E-state index is 6.03. The molecule has 0 radical (unpaired) electrons. The Labute approximate surface area is 174 Å². The lowest BCUT2D eigenvalue weighted by atomic mass is 10.0. The Kier molecular flexibility index (Phi) is 10.3. The number of aromatic nitrogens is 2. The summed E-state index contributed by atoms with van der Waals surface area (Å²) in [5, 5.41) is 7.53. The Morgan fingerprint density at radius 2 is 1.96 bits per heavy atom. The number of benzene rings is 1. The maximum Gasteiger partial charge on any atom is 0.189 e. The first-order chi connectivity index (χ1) is 12.0. The average molecular weight is 469 g/mol. The summed E-state index contributed by atoms with van der Waals surface area (Å²) < 4.78 is 1.91. The minimum atomic E-state index is 0. The molecule has 1 unspecified atom stereocenters. The molecule has 2 aromatic rings.